The van der Waals surface area contributed by atoms with Gasteiger partial charge in [0.2, 0.25) is 29.2 Å². The minimum atomic E-state index is -2.04. The highest BCUT2D eigenvalue weighted by molar-refractivity contribution is 6.18. The van der Waals surface area contributed by atoms with Crippen molar-refractivity contribution in [1.82, 2.24) is 45.8 Å². The van der Waals surface area contributed by atoms with Crippen LogP contribution in [0.25, 0.3) is 22.3 Å². The van der Waals surface area contributed by atoms with Crippen LogP contribution in [-0.4, -0.2) is 128 Å². The molecule has 3 aromatic heterocycles. The van der Waals surface area contributed by atoms with E-state index in [1.165, 1.54) is 12.2 Å². The van der Waals surface area contributed by atoms with E-state index in [1.807, 2.05) is 95.3 Å². The molecule has 5 heterocycles. The summed E-state index contributed by atoms with van der Waals surface area (Å²) in [4.78, 5) is 126. The molecule has 112 heavy (non-hydrogen) atoms. The second-order valence-corrected chi connectivity index (χ2v) is 30.5. The number of methoxy groups -OCH3 is 1. The molecular formula is C86H98N10O16. The first-order valence-electron chi connectivity index (χ1n) is 38.5. The van der Waals surface area contributed by atoms with Gasteiger partial charge in [0, 0.05) is 46.8 Å². The molecule has 1 fully saturated rings. The third-order valence-electron chi connectivity index (χ3n) is 21.9. The number of carbonyl (C=O) groups excluding carboxylic acids is 8. The summed E-state index contributed by atoms with van der Waals surface area (Å²) in [6.07, 6.45) is 9.64. The molecule has 4 aliphatic rings. The second-order valence-electron chi connectivity index (χ2n) is 30.5. The summed E-state index contributed by atoms with van der Waals surface area (Å²) in [5.41, 5.74) is 3.58. The zero-order valence-corrected chi connectivity index (χ0v) is 64.4. The van der Waals surface area contributed by atoms with E-state index in [0.717, 1.165) is 46.0 Å². The number of aryl methyl sites for hydroxylation is 2. The summed E-state index contributed by atoms with van der Waals surface area (Å²) < 4.78 is 37.9. The fraction of sp³-hybridized carbons (Fsp3) is 0.419. The highest BCUT2D eigenvalue weighted by atomic mass is 16.7. The number of amides is 4. The van der Waals surface area contributed by atoms with Gasteiger partial charge in [-0.1, -0.05) is 104 Å². The summed E-state index contributed by atoms with van der Waals surface area (Å²) in [6, 6.07) is 40.2. The van der Waals surface area contributed by atoms with Crippen LogP contribution in [0.4, 0.5) is 10.5 Å². The van der Waals surface area contributed by atoms with Gasteiger partial charge in [-0.3, -0.25) is 43.6 Å². The number of phenolic OH excluding ortho intramolecular Hbond substituents is 1. The molecule has 12 rings (SSSR count). The number of carbonyl (C=O) groups is 8. The van der Waals surface area contributed by atoms with E-state index in [-0.39, 0.29) is 85.3 Å². The van der Waals surface area contributed by atoms with Crippen LogP contribution in [0.2, 0.25) is 0 Å². The fourth-order valence-electron chi connectivity index (χ4n) is 15.6. The minimum Gasteiger partial charge on any atom is -0.508 e. The summed E-state index contributed by atoms with van der Waals surface area (Å²) in [5, 5.41) is 35.3. The molecule has 0 bridgehead atoms. The molecule has 588 valence electrons. The van der Waals surface area contributed by atoms with Crippen LogP contribution in [0, 0.1) is 17.8 Å². The number of benzene rings is 5. The Labute approximate surface area is 650 Å². The Morgan fingerprint density at radius 2 is 1.46 bits per heavy atom. The smallest absolute Gasteiger partial charge is 0.508 e. The van der Waals surface area contributed by atoms with E-state index in [0.29, 0.717) is 111 Å². The maximum atomic E-state index is 14.4. The lowest BCUT2D eigenvalue weighted by molar-refractivity contribution is -0.175. The Kier molecular flexibility index (Phi) is 25.4. The standard InChI is InChI=1S/C86H98N10O16/c1-8-64-65-45-62(97)33-36-70(65)91-77-67(64)49-96-72(77)46-69-68(80(96)104)51-109-81(105)85(69,9-2)112-82(106)110-50-55-25-31-60(32-26-55)89-79(103)71(22-16-17-41-88-86(57-18-12-10-13-19-57,58-20-14-11-15-21-58)59-29-34-63(107-7)35-30-59)90-75(100)52-108-53-76(101)92-83(3,4)40-43-111-84(5,6)39-42-95-48-61(93-94-95)47-87-78(102)56-27-23-54(24-28-56)44-66-73(98)37-38-74(66)99/h10-15,18-21,25-26,29-38,45-46,48,54,56,66,71,88,97H,8-9,16-17,22-24,27-28,39-44,47,49-53H2,1-7H3,(H,87,102)(H,89,103)(H,90,100)(H,92,101)/t54?,56?,71?,85-/m0/s1. The maximum absolute atomic E-state index is 14.4. The van der Waals surface area contributed by atoms with Crippen LogP contribution < -0.4 is 36.9 Å². The number of ketones is 2. The van der Waals surface area contributed by atoms with Gasteiger partial charge in [0.15, 0.2) is 11.6 Å². The van der Waals surface area contributed by atoms with E-state index in [9.17, 15) is 48.3 Å². The minimum absolute atomic E-state index is 0.0450. The summed E-state index contributed by atoms with van der Waals surface area (Å²) >= 11 is 0. The molecule has 5 aromatic carbocycles. The van der Waals surface area contributed by atoms with Crippen molar-refractivity contribution in [3.05, 3.63) is 212 Å². The number of cyclic esters (lactones) is 1. The number of aromatic nitrogens is 5. The predicted molar refractivity (Wildman–Crippen MR) is 416 cm³/mol. The summed E-state index contributed by atoms with van der Waals surface area (Å²) in [5.74, 6) is -2.44. The molecule has 8 aromatic rings. The number of anilines is 1. The molecule has 2 atom stereocenters. The lowest BCUT2D eigenvalue weighted by Gasteiger charge is -2.37. The van der Waals surface area contributed by atoms with Crippen molar-refractivity contribution in [2.75, 3.05) is 38.8 Å². The zero-order chi connectivity index (χ0) is 79.3. The van der Waals surface area contributed by atoms with Crippen LogP contribution in [0.1, 0.15) is 162 Å². The highest BCUT2D eigenvalue weighted by Gasteiger charge is 2.51. The average molecular weight is 1530 g/mol. The zero-order valence-electron chi connectivity index (χ0n) is 64.4. The Balaban J connectivity index is 0.635. The third kappa shape index (κ3) is 18.7. The molecule has 0 radical (unpaired) electrons. The molecule has 26 heteroatoms. The van der Waals surface area contributed by atoms with Crippen LogP contribution in [-0.2, 0) is 108 Å². The number of nitrogens with one attached hydrogen (secondary N) is 5. The van der Waals surface area contributed by atoms with Crippen molar-refractivity contribution in [3.8, 4) is 22.9 Å². The maximum Gasteiger partial charge on any atom is 0.510 e. The number of rotatable bonds is 35. The van der Waals surface area contributed by atoms with Gasteiger partial charge in [0.05, 0.1) is 65.9 Å². The number of aromatic hydroxyl groups is 1. The third-order valence-corrected chi connectivity index (χ3v) is 21.9. The molecule has 26 nitrogen and oxygen atoms in total. The topological polar surface area (TPSA) is 338 Å². The number of unbranched alkanes of at least 4 members (excludes halogenated alkanes) is 1. The number of ether oxygens (including phenoxy) is 6. The van der Waals surface area contributed by atoms with Crippen LogP contribution >= 0.6 is 0 Å². The first-order chi connectivity index (χ1) is 53.9. The molecule has 6 N–H and O–H groups in total. The predicted octanol–water partition coefficient (Wildman–Crippen LogP) is 10.8. The summed E-state index contributed by atoms with van der Waals surface area (Å²) in [7, 11) is 1.63. The first-order valence-corrected chi connectivity index (χ1v) is 38.5. The average Bonchev–Trinajstić information content (AvgIpc) is 1.52. The van der Waals surface area contributed by atoms with E-state index in [2.05, 4.69) is 61.2 Å². The fourth-order valence-corrected chi connectivity index (χ4v) is 15.6. The van der Waals surface area contributed by atoms with E-state index in [4.69, 9.17) is 33.4 Å². The van der Waals surface area contributed by atoms with Crippen molar-refractivity contribution in [2.45, 2.75) is 180 Å². The molecule has 1 unspecified atom stereocenters. The molecule has 4 amide bonds. The first kappa shape index (κ1) is 80.3. The van der Waals surface area contributed by atoms with Crippen LogP contribution in [0.5, 0.6) is 11.5 Å². The van der Waals surface area contributed by atoms with Gasteiger partial charge in [-0.2, -0.15) is 0 Å². The van der Waals surface area contributed by atoms with E-state index >= 15 is 0 Å². The van der Waals surface area contributed by atoms with Crippen LogP contribution in [0.3, 0.4) is 0 Å². The van der Waals surface area contributed by atoms with Gasteiger partial charge in [-0.05, 0) is 206 Å². The van der Waals surface area contributed by atoms with Crippen molar-refractivity contribution in [3.63, 3.8) is 0 Å². The number of esters is 1. The Morgan fingerprint density at radius 1 is 0.777 bits per heavy atom. The lowest BCUT2D eigenvalue weighted by Crippen LogP contribution is -2.47. The molecule has 1 saturated carbocycles. The Bertz CT molecular complexity index is 4800. The molecule has 0 spiro atoms. The Morgan fingerprint density at radius 3 is 2.14 bits per heavy atom. The molecule has 2 aliphatic carbocycles. The van der Waals surface area contributed by atoms with Gasteiger partial charge in [-0.25, -0.2) is 14.6 Å². The lowest BCUT2D eigenvalue weighted by atomic mass is 9.77. The van der Waals surface area contributed by atoms with Crippen LogP contribution in [0.15, 0.2) is 157 Å². The monoisotopic (exact) mass is 1530 g/mol. The number of hydrogen-bond donors (Lipinski definition) is 6. The SMILES string of the molecule is CCc1c2c(nc3ccc(O)cc13)-c1cc3c(c(=O)n1C2)COC(=O)[C@@]3(CC)OC(=O)OCc1ccc(NC(=O)C(CCCCNC(c2ccccc2)(c2ccccc2)c2ccc(OC)cc2)NC(=O)COCC(=O)NC(C)(C)CCOC(C)(C)CCn2cc(CNC(=O)C3CCC(CC4C(=O)C=CC4=O)CC3)nn2)cc1. The highest BCUT2D eigenvalue weighted by Crippen LogP contribution is 2.44. The number of nitrogens with zero attached hydrogens (tertiary/aromatic N) is 5. The number of pyridine rings is 2. The summed E-state index contributed by atoms with van der Waals surface area (Å²) in [6.45, 7) is 11.4. The van der Waals surface area contributed by atoms with E-state index in [1.54, 1.807) is 78.0 Å². The Hall–Kier alpha value is -11.2. The normalized spacial score (nSPS) is 17.1. The molecular weight excluding hydrogens is 1430 g/mol. The van der Waals surface area contributed by atoms with Crippen molar-refractivity contribution in [1.29, 1.82) is 0 Å². The second kappa shape index (κ2) is 35.4. The molecule has 0 saturated heterocycles. The van der Waals surface area contributed by atoms with Gasteiger partial charge < -0.3 is 59.4 Å². The van der Waals surface area contributed by atoms with Gasteiger partial charge in [-0.15, -0.1) is 5.10 Å². The number of allylic oxidation sites excluding steroid dienone is 2. The van der Waals surface area contributed by atoms with Crippen molar-refractivity contribution >= 4 is 63.9 Å². The van der Waals surface area contributed by atoms with Gasteiger partial charge in [0.1, 0.15) is 49.7 Å². The van der Waals surface area contributed by atoms with Gasteiger partial charge in [0.25, 0.3) is 5.56 Å². The number of phenols is 1. The van der Waals surface area contributed by atoms with E-state index < -0.39 is 82.9 Å². The largest absolute Gasteiger partial charge is 0.510 e. The van der Waals surface area contributed by atoms with Gasteiger partial charge >= 0.3 is 12.1 Å². The quantitative estimate of drug-likeness (QED) is 0.00930. The van der Waals surface area contributed by atoms with Crippen molar-refractivity contribution in [2.24, 2.45) is 17.8 Å². The van der Waals surface area contributed by atoms with Crippen molar-refractivity contribution < 1.29 is 71.9 Å². The number of hydrogen-bond acceptors (Lipinski definition) is 20. The molecule has 2 aliphatic heterocycles. The number of fused-ring (bicyclic) bond motifs is 5.